The Morgan fingerprint density at radius 3 is 2.25 bits per heavy atom. The van der Waals surface area contributed by atoms with Gasteiger partial charge in [0.15, 0.2) is 0 Å². The number of methoxy groups -OCH3 is 2. The number of hydrogen-bond donors (Lipinski definition) is 0. The highest BCUT2D eigenvalue weighted by atomic mass is 19.1. The summed E-state index contributed by atoms with van der Waals surface area (Å²) in [5.41, 5.74) is -1.04. The van der Waals surface area contributed by atoms with Crippen LogP contribution in [-0.2, 0) is 16.0 Å². The Balaban J connectivity index is 2.65. The molecule has 2 rings (SSSR count). The summed E-state index contributed by atoms with van der Waals surface area (Å²) < 4.78 is 24.9. The summed E-state index contributed by atoms with van der Waals surface area (Å²) in [7, 11) is 3.01. The van der Waals surface area contributed by atoms with E-state index in [2.05, 4.69) is 4.99 Å². The summed E-state index contributed by atoms with van der Waals surface area (Å²) in [6.07, 6.45) is 3.07. The molecule has 0 amide bonds. The van der Waals surface area contributed by atoms with Crippen LogP contribution in [0.25, 0.3) is 0 Å². The normalized spacial score (nSPS) is 16.2. The van der Waals surface area contributed by atoms with E-state index in [4.69, 9.17) is 9.47 Å². The van der Waals surface area contributed by atoms with E-state index in [0.717, 1.165) is 12.8 Å². The van der Waals surface area contributed by atoms with Crippen molar-refractivity contribution in [3.05, 3.63) is 23.3 Å². The van der Waals surface area contributed by atoms with Crippen LogP contribution in [0.15, 0.2) is 17.1 Å². The summed E-state index contributed by atoms with van der Waals surface area (Å²) in [5.74, 6) is 0.968. The first-order chi connectivity index (χ1) is 9.38. The van der Waals surface area contributed by atoms with Crippen LogP contribution in [0.1, 0.15) is 37.8 Å². The predicted molar refractivity (Wildman–Crippen MR) is 72.7 cm³/mol. The molecule has 0 heterocycles. The van der Waals surface area contributed by atoms with E-state index in [-0.39, 0.29) is 0 Å². The zero-order valence-electron chi connectivity index (χ0n) is 12.1. The van der Waals surface area contributed by atoms with Gasteiger partial charge in [-0.15, -0.1) is 0 Å². The number of ether oxygens (including phenoxy) is 2. The number of isocyanates is 1. The van der Waals surface area contributed by atoms with Crippen LogP contribution in [-0.4, -0.2) is 20.3 Å². The predicted octanol–water partition coefficient (Wildman–Crippen LogP) is 3.23. The molecule has 0 N–H and O–H groups in total. The first kappa shape index (κ1) is 14.5. The number of aliphatic imine (C=N–C) groups is 1. The standard InChI is InChI=1S/C15H18FNO3/c1-14(2,16)10-7-11(15(5-6-15)17-9-18)13(20-4)8-12(10)19-3/h7-8H,5-6H2,1-4H3. The number of alkyl halides is 1. The van der Waals surface area contributed by atoms with E-state index in [9.17, 15) is 9.18 Å². The van der Waals surface area contributed by atoms with Crippen LogP contribution in [0, 0.1) is 0 Å². The SMILES string of the molecule is COc1cc(OC)c(C2(N=C=O)CC2)cc1C(C)(C)F. The highest BCUT2D eigenvalue weighted by molar-refractivity contribution is 5.54. The quantitative estimate of drug-likeness (QED) is 0.614. The van der Waals surface area contributed by atoms with Crippen molar-refractivity contribution in [3.63, 3.8) is 0 Å². The lowest BCUT2D eigenvalue weighted by molar-refractivity contribution is 0.213. The molecule has 20 heavy (non-hydrogen) atoms. The molecule has 1 aliphatic rings. The number of rotatable bonds is 5. The van der Waals surface area contributed by atoms with Crippen molar-refractivity contribution in [2.45, 2.75) is 37.9 Å². The number of halogens is 1. The Bertz CT molecular complexity index is 567. The van der Waals surface area contributed by atoms with Crippen LogP contribution in [0.5, 0.6) is 11.5 Å². The Kier molecular flexibility index (Phi) is 3.57. The van der Waals surface area contributed by atoms with Gasteiger partial charge in [0.1, 0.15) is 22.7 Å². The molecule has 0 unspecified atom stereocenters. The molecule has 0 aliphatic heterocycles. The average Bonchev–Trinajstić information content (AvgIpc) is 3.17. The van der Waals surface area contributed by atoms with Gasteiger partial charge in [0.05, 0.1) is 14.2 Å². The minimum absolute atomic E-state index is 0.420. The summed E-state index contributed by atoms with van der Waals surface area (Å²) >= 11 is 0. The molecule has 1 aliphatic carbocycles. The molecule has 1 aromatic carbocycles. The molecule has 5 heteroatoms. The number of carbonyl (C=O) groups excluding carboxylic acids is 1. The van der Waals surface area contributed by atoms with Crippen molar-refractivity contribution in [3.8, 4) is 11.5 Å². The second kappa shape index (κ2) is 4.91. The number of benzene rings is 1. The largest absolute Gasteiger partial charge is 0.496 e. The van der Waals surface area contributed by atoms with Crippen LogP contribution in [0.4, 0.5) is 4.39 Å². The Hall–Kier alpha value is -1.87. The highest BCUT2D eigenvalue weighted by Crippen LogP contribution is 2.54. The van der Waals surface area contributed by atoms with Crippen LogP contribution in [0.2, 0.25) is 0 Å². The maximum Gasteiger partial charge on any atom is 0.235 e. The minimum atomic E-state index is -1.56. The van der Waals surface area contributed by atoms with Gasteiger partial charge in [-0.3, -0.25) is 0 Å². The third kappa shape index (κ3) is 2.41. The fraction of sp³-hybridized carbons (Fsp3) is 0.533. The van der Waals surface area contributed by atoms with Gasteiger partial charge in [0.2, 0.25) is 6.08 Å². The molecule has 0 atom stereocenters. The van der Waals surface area contributed by atoms with E-state index in [1.807, 2.05) is 0 Å². The molecule has 0 aromatic heterocycles. The second-order valence-electron chi connectivity index (χ2n) is 5.46. The van der Waals surface area contributed by atoms with Crippen LogP contribution < -0.4 is 9.47 Å². The van der Waals surface area contributed by atoms with Gasteiger partial charge in [0, 0.05) is 17.2 Å². The number of hydrogen-bond acceptors (Lipinski definition) is 4. The summed E-state index contributed by atoms with van der Waals surface area (Å²) in [6.45, 7) is 2.92. The van der Waals surface area contributed by atoms with Crippen molar-refractivity contribution in [1.29, 1.82) is 0 Å². The molecular formula is C15H18FNO3. The van der Waals surface area contributed by atoms with Gasteiger partial charge < -0.3 is 9.47 Å². The van der Waals surface area contributed by atoms with Gasteiger partial charge in [0.25, 0.3) is 0 Å². The maximum atomic E-state index is 14.4. The van der Waals surface area contributed by atoms with E-state index in [1.165, 1.54) is 28.1 Å². The Morgan fingerprint density at radius 1 is 1.25 bits per heavy atom. The van der Waals surface area contributed by atoms with E-state index in [0.29, 0.717) is 22.6 Å². The van der Waals surface area contributed by atoms with Crippen molar-refractivity contribution in [2.75, 3.05) is 14.2 Å². The minimum Gasteiger partial charge on any atom is -0.496 e. The second-order valence-corrected chi connectivity index (χ2v) is 5.46. The topological polar surface area (TPSA) is 47.9 Å². The smallest absolute Gasteiger partial charge is 0.235 e. The summed E-state index contributed by atoms with van der Waals surface area (Å²) in [6, 6.07) is 3.33. The summed E-state index contributed by atoms with van der Waals surface area (Å²) in [5, 5.41) is 0. The fourth-order valence-electron chi connectivity index (χ4n) is 2.37. The summed E-state index contributed by atoms with van der Waals surface area (Å²) in [4.78, 5) is 14.5. The van der Waals surface area contributed by atoms with Gasteiger partial charge >= 0.3 is 0 Å². The molecule has 0 saturated heterocycles. The highest BCUT2D eigenvalue weighted by Gasteiger charge is 2.47. The van der Waals surface area contributed by atoms with Crippen LogP contribution >= 0.6 is 0 Å². The lowest BCUT2D eigenvalue weighted by atomic mass is 9.93. The lowest BCUT2D eigenvalue weighted by Crippen LogP contribution is -2.14. The molecule has 4 nitrogen and oxygen atoms in total. The van der Waals surface area contributed by atoms with Gasteiger partial charge in [-0.05, 0) is 32.8 Å². The molecule has 0 radical (unpaired) electrons. The lowest BCUT2D eigenvalue weighted by Gasteiger charge is -2.23. The Labute approximate surface area is 117 Å². The molecule has 1 saturated carbocycles. The van der Waals surface area contributed by atoms with E-state index < -0.39 is 11.2 Å². The molecular weight excluding hydrogens is 261 g/mol. The zero-order chi connectivity index (χ0) is 15.0. The third-order valence-electron chi connectivity index (χ3n) is 3.65. The van der Waals surface area contributed by atoms with Crippen molar-refractivity contribution in [2.24, 2.45) is 4.99 Å². The van der Waals surface area contributed by atoms with Crippen molar-refractivity contribution < 1.29 is 18.7 Å². The molecule has 1 fully saturated rings. The van der Waals surface area contributed by atoms with Gasteiger partial charge in [-0.2, -0.15) is 4.99 Å². The number of nitrogens with zero attached hydrogens (tertiary/aromatic N) is 1. The third-order valence-corrected chi connectivity index (χ3v) is 3.65. The fourth-order valence-corrected chi connectivity index (χ4v) is 2.37. The zero-order valence-corrected chi connectivity index (χ0v) is 12.1. The molecule has 0 bridgehead atoms. The maximum absolute atomic E-state index is 14.4. The molecule has 108 valence electrons. The van der Waals surface area contributed by atoms with Gasteiger partial charge in [-0.1, -0.05) is 0 Å². The first-order valence-corrected chi connectivity index (χ1v) is 6.43. The van der Waals surface area contributed by atoms with Crippen LogP contribution in [0.3, 0.4) is 0 Å². The average molecular weight is 279 g/mol. The first-order valence-electron chi connectivity index (χ1n) is 6.43. The van der Waals surface area contributed by atoms with Gasteiger partial charge in [-0.25, -0.2) is 9.18 Å². The van der Waals surface area contributed by atoms with E-state index >= 15 is 0 Å². The van der Waals surface area contributed by atoms with Crippen molar-refractivity contribution >= 4 is 6.08 Å². The van der Waals surface area contributed by atoms with E-state index in [1.54, 1.807) is 18.2 Å². The monoisotopic (exact) mass is 279 g/mol. The molecule has 0 spiro atoms. The Morgan fingerprint density at radius 2 is 1.85 bits per heavy atom. The van der Waals surface area contributed by atoms with Crippen molar-refractivity contribution in [1.82, 2.24) is 0 Å². The molecule has 1 aromatic rings.